The fourth-order valence-electron chi connectivity index (χ4n) is 2.38. The molecule has 0 saturated carbocycles. The molecule has 0 saturated heterocycles. The molecule has 1 heterocycles. The molecule has 1 amide bonds. The minimum atomic E-state index is -0.326. The van der Waals surface area contributed by atoms with Gasteiger partial charge in [0.25, 0.3) is 0 Å². The number of carbonyl (C=O) groups excluding carboxylic acids is 1. The van der Waals surface area contributed by atoms with Crippen LogP contribution in [0, 0.1) is 12.7 Å². The standard InChI is InChI=1S/C19H17FN2OS/c1-13-22-18(12-24-13)16-7-5-14(6-8-16)11-21-19(23)10-15-3-2-4-17(20)9-15/h2-9,12H,10-11H2,1H3,(H,21,23). The fourth-order valence-corrected chi connectivity index (χ4v) is 3.01. The quantitative estimate of drug-likeness (QED) is 0.759. The maximum Gasteiger partial charge on any atom is 0.224 e. The van der Waals surface area contributed by atoms with Gasteiger partial charge in [0, 0.05) is 17.5 Å². The zero-order valence-electron chi connectivity index (χ0n) is 13.3. The third kappa shape index (κ3) is 4.26. The van der Waals surface area contributed by atoms with Gasteiger partial charge in [0.1, 0.15) is 5.82 Å². The Bertz CT molecular complexity index is 843. The minimum Gasteiger partial charge on any atom is -0.352 e. The van der Waals surface area contributed by atoms with Gasteiger partial charge in [0.05, 0.1) is 17.1 Å². The smallest absolute Gasteiger partial charge is 0.224 e. The van der Waals surface area contributed by atoms with Crippen LogP contribution in [0.15, 0.2) is 53.9 Å². The monoisotopic (exact) mass is 340 g/mol. The first-order valence-electron chi connectivity index (χ1n) is 7.63. The Morgan fingerprint density at radius 3 is 2.62 bits per heavy atom. The van der Waals surface area contributed by atoms with E-state index in [4.69, 9.17) is 0 Å². The van der Waals surface area contributed by atoms with E-state index in [1.807, 2.05) is 36.6 Å². The number of benzene rings is 2. The lowest BCUT2D eigenvalue weighted by Crippen LogP contribution is -2.24. The lowest BCUT2D eigenvalue weighted by atomic mass is 10.1. The summed E-state index contributed by atoms with van der Waals surface area (Å²) >= 11 is 1.62. The first kappa shape index (κ1) is 16.3. The molecule has 0 spiro atoms. The Morgan fingerprint density at radius 1 is 1.17 bits per heavy atom. The molecule has 0 aliphatic rings. The summed E-state index contributed by atoms with van der Waals surface area (Å²) in [4.78, 5) is 16.4. The van der Waals surface area contributed by atoms with Crippen LogP contribution < -0.4 is 5.32 Å². The third-order valence-corrected chi connectivity index (χ3v) is 4.39. The molecule has 1 aromatic heterocycles. The summed E-state index contributed by atoms with van der Waals surface area (Å²) in [5.74, 6) is -0.451. The molecule has 3 nitrogen and oxygen atoms in total. The highest BCUT2D eigenvalue weighted by atomic mass is 32.1. The van der Waals surface area contributed by atoms with Crippen molar-refractivity contribution in [2.75, 3.05) is 0 Å². The number of hydrogen-bond acceptors (Lipinski definition) is 3. The molecule has 0 aliphatic carbocycles. The number of amides is 1. The van der Waals surface area contributed by atoms with E-state index in [-0.39, 0.29) is 18.1 Å². The Kier molecular flexibility index (Phi) is 5.01. The maximum atomic E-state index is 13.1. The van der Waals surface area contributed by atoms with Gasteiger partial charge < -0.3 is 5.32 Å². The molecule has 5 heteroatoms. The highest BCUT2D eigenvalue weighted by Crippen LogP contribution is 2.21. The molecule has 0 radical (unpaired) electrons. The summed E-state index contributed by atoms with van der Waals surface area (Å²) in [6, 6.07) is 14.1. The average Bonchev–Trinajstić information content (AvgIpc) is 3.00. The molecule has 0 aliphatic heterocycles. The summed E-state index contributed by atoms with van der Waals surface area (Å²) in [6.07, 6.45) is 0.175. The summed E-state index contributed by atoms with van der Waals surface area (Å²) in [5, 5.41) is 5.93. The molecule has 1 N–H and O–H groups in total. The molecule has 24 heavy (non-hydrogen) atoms. The molecule has 0 atom stereocenters. The predicted octanol–water partition coefficient (Wildman–Crippen LogP) is 4.12. The Balaban J connectivity index is 1.55. The van der Waals surface area contributed by atoms with Crippen LogP contribution in [0.1, 0.15) is 16.1 Å². The normalized spacial score (nSPS) is 10.6. The zero-order chi connectivity index (χ0) is 16.9. The van der Waals surface area contributed by atoms with Crippen molar-refractivity contribution in [3.63, 3.8) is 0 Å². The van der Waals surface area contributed by atoms with Crippen molar-refractivity contribution in [1.82, 2.24) is 10.3 Å². The van der Waals surface area contributed by atoms with Crippen LogP contribution in [-0.2, 0) is 17.8 Å². The Hall–Kier alpha value is -2.53. The van der Waals surface area contributed by atoms with Gasteiger partial charge in [-0.15, -0.1) is 11.3 Å². The highest BCUT2D eigenvalue weighted by Gasteiger charge is 2.05. The molecular formula is C19H17FN2OS. The molecule has 2 aromatic carbocycles. The number of carbonyl (C=O) groups is 1. The average molecular weight is 340 g/mol. The number of nitrogens with zero attached hydrogens (tertiary/aromatic N) is 1. The lowest BCUT2D eigenvalue weighted by molar-refractivity contribution is -0.120. The third-order valence-electron chi connectivity index (χ3n) is 3.61. The van der Waals surface area contributed by atoms with Crippen molar-refractivity contribution in [3.8, 4) is 11.3 Å². The molecule has 0 unspecified atom stereocenters. The molecule has 0 bridgehead atoms. The van der Waals surface area contributed by atoms with Gasteiger partial charge in [-0.1, -0.05) is 36.4 Å². The number of aromatic nitrogens is 1. The SMILES string of the molecule is Cc1nc(-c2ccc(CNC(=O)Cc3cccc(F)c3)cc2)cs1. The van der Waals surface area contributed by atoms with Crippen molar-refractivity contribution in [2.45, 2.75) is 19.9 Å². The second-order valence-corrected chi connectivity index (χ2v) is 6.59. The van der Waals surface area contributed by atoms with Crippen molar-refractivity contribution in [3.05, 3.63) is 75.9 Å². The lowest BCUT2D eigenvalue weighted by Gasteiger charge is -2.06. The van der Waals surface area contributed by atoms with Crippen molar-refractivity contribution < 1.29 is 9.18 Å². The van der Waals surface area contributed by atoms with E-state index >= 15 is 0 Å². The van der Waals surface area contributed by atoms with E-state index in [1.165, 1.54) is 12.1 Å². The van der Waals surface area contributed by atoms with Crippen LogP contribution >= 0.6 is 11.3 Å². The fraction of sp³-hybridized carbons (Fsp3) is 0.158. The Morgan fingerprint density at radius 2 is 1.96 bits per heavy atom. The summed E-state index contributed by atoms with van der Waals surface area (Å²) in [7, 11) is 0. The van der Waals surface area contributed by atoms with Gasteiger partial charge >= 0.3 is 0 Å². The number of aryl methyl sites for hydroxylation is 1. The van der Waals surface area contributed by atoms with Crippen LogP contribution in [0.5, 0.6) is 0 Å². The van der Waals surface area contributed by atoms with Crippen LogP contribution in [0.3, 0.4) is 0 Å². The molecule has 0 fully saturated rings. The minimum absolute atomic E-state index is 0.125. The van der Waals surface area contributed by atoms with E-state index in [0.717, 1.165) is 21.8 Å². The van der Waals surface area contributed by atoms with E-state index in [9.17, 15) is 9.18 Å². The van der Waals surface area contributed by atoms with Gasteiger partial charge in [-0.25, -0.2) is 9.37 Å². The van der Waals surface area contributed by atoms with Crippen LogP contribution in [0.25, 0.3) is 11.3 Å². The summed E-state index contributed by atoms with van der Waals surface area (Å²) in [5.41, 5.74) is 3.72. The van der Waals surface area contributed by atoms with E-state index < -0.39 is 0 Å². The van der Waals surface area contributed by atoms with Gasteiger partial charge in [-0.3, -0.25) is 4.79 Å². The van der Waals surface area contributed by atoms with E-state index in [0.29, 0.717) is 12.1 Å². The number of hydrogen-bond donors (Lipinski definition) is 1. The van der Waals surface area contributed by atoms with Gasteiger partial charge in [0.2, 0.25) is 5.91 Å². The first-order chi connectivity index (χ1) is 11.6. The van der Waals surface area contributed by atoms with Gasteiger partial charge in [-0.2, -0.15) is 0 Å². The second-order valence-electron chi connectivity index (χ2n) is 5.53. The summed E-state index contributed by atoms with van der Waals surface area (Å²) in [6.45, 7) is 2.43. The maximum absolute atomic E-state index is 13.1. The van der Waals surface area contributed by atoms with E-state index in [2.05, 4.69) is 10.3 Å². The molecule has 3 aromatic rings. The van der Waals surface area contributed by atoms with Crippen molar-refractivity contribution >= 4 is 17.2 Å². The summed E-state index contributed by atoms with van der Waals surface area (Å²) < 4.78 is 13.1. The first-order valence-corrected chi connectivity index (χ1v) is 8.51. The molecular weight excluding hydrogens is 323 g/mol. The van der Waals surface area contributed by atoms with Crippen molar-refractivity contribution in [1.29, 1.82) is 0 Å². The zero-order valence-corrected chi connectivity index (χ0v) is 14.1. The van der Waals surface area contributed by atoms with Crippen LogP contribution in [0.2, 0.25) is 0 Å². The molecule has 3 rings (SSSR count). The van der Waals surface area contributed by atoms with Crippen molar-refractivity contribution in [2.24, 2.45) is 0 Å². The van der Waals surface area contributed by atoms with Gasteiger partial charge in [-0.05, 0) is 30.2 Å². The predicted molar refractivity (Wildman–Crippen MR) is 94.2 cm³/mol. The van der Waals surface area contributed by atoms with Crippen LogP contribution in [0.4, 0.5) is 4.39 Å². The number of nitrogens with one attached hydrogen (secondary N) is 1. The highest BCUT2D eigenvalue weighted by molar-refractivity contribution is 7.09. The van der Waals surface area contributed by atoms with E-state index in [1.54, 1.807) is 23.5 Å². The second kappa shape index (κ2) is 7.36. The number of rotatable bonds is 5. The number of halogens is 1. The van der Waals surface area contributed by atoms with Gasteiger partial charge in [0.15, 0.2) is 0 Å². The Labute approximate surface area is 144 Å². The largest absolute Gasteiger partial charge is 0.352 e. The molecule has 122 valence electrons. The number of thiazole rings is 1. The van der Waals surface area contributed by atoms with Crippen LogP contribution in [-0.4, -0.2) is 10.9 Å². The topological polar surface area (TPSA) is 42.0 Å².